The zero-order chi connectivity index (χ0) is 18.4. The van der Waals surface area contributed by atoms with Crippen LogP contribution < -0.4 is 10.0 Å². The highest BCUT2D eigenvalue weighted by atomic mass is 32.2. The highest BCUT2D eigenvalue weighted by Crippen LogP contribution is 2.15. The summed E-state index contributed by atoms with van der Waals surface area (Å²) < 4.78 is 27.1. The zero-order valence-corrected chi connectivity index (χ0v) is 15.6. The van der Waals surface area contributed by atoms with Crippen LogP contribution in [0.25, 0.3) is 0 Å². The van der Waals surface area contributed by atoms with Crippen LogP contribution in [0.5, 0.6) is 0 Å². The van der Waals surface area contributed by atoms with E-state index in [4.69, 9.17) is 0 Å². The van der Waals surface area contributed by atoms with E-state index in [2.05, 4.69) is 10.0 Å². The molecule has 0 radical (unpaired) electrons. The predicted octanol–water partition coefficient (Wildman–Crippen LogP) is 3.58. The van der Waals surface area contributed by atoms with Crippen molar-refractivity contribution in [1.82, 2.24) is 4.72 Å². The molecule has 0 aliphatic carbocycles. The molecule has 6 heteroatoms. The molecule has 0 saturated heterocycles. The SMILES string of the molecule is CCc1cccc(NC(=O)c2ccc(S(=O)(=O)NC(C)CC)cc2)c1. The quantitative estimate of drug-likeness (QED) is 0.792. The van der Waals surface area contributed by atoms with E-state index in [-0.39, 0.29) is 16.8 Å². The van der Waals surface area contributed by atoms with E-state index >= 15 is 0 Å². The van der Waals surface area contributed by atoms with E-state index in [1.54, 1.807) is 0 Å². The minimum atomic E-state index is -3.56. The standard InChI is InChI=1S/C19H24N2O3S/c1-4-14(3)21-25(23,24)18-11-9-16(10-12-18)19(22)20-17-8-6-7-15(5-2)13-17/h6-14,21H,4-5H2,1-3H3,(H,20,22). The second-order valence-electron chi connectivity index (χ2n) is 5.96. The van der Waals surface area contributed by atoms with E-state index in [1.807, 2.05) is 45.0 Å². The summed E-state index contributed by atoms with van der Waals surface area (Å²) in [5.74, 6) is -0.271. The predicted molar refractivity (Wildman–Crippen MR) is 100 cm³/mol. The summed E-state index contributed by atoms with van der Waals surface area (Å²) in [6.45, 7) is 5.77. The van der Waals surface area contributed by atoms with Crippen molar-refractivity contribution < 1.29 is 13.2 Å². The summed E-state index contributed by atoms with van der Waals surface area (Å²) in [6, 6.07) is 13.4. The van der Waals surface area contributed by atoms with E-state index < -0.39 is 10.0 Å². The van der Waals surface area contributed by atoms with Gasteiger partial charge in [-0.05, 0) is 61.7 Å². The average molecular weight is 360 g/mol. The molecular formula is C19H24N2O3S. The molecule has 1 amide bonds. The van der Waals surface area contributed by atoms with E-state index in [1.165, 1.54) is 24.3 Å². The molecule has 2 aromatic carbocycles. The van der Waals surface area contributed by atoms with E-state index in [0.717, 1.165) is 17.7 Å². The second kappa shape index (κ2) is 8.27. The third-order valence-corrected chi connectivity index (χ3v) is 5.59. The van der Waals surface area contributed by atoms with Crippen molar-refractivity contribution >= 4 is 21.6 Å². The topological polar surface area (TPSA) is 75.3 Å². The van der Waals surface area contributed by atoms with Crippen molar-refractivity contribution in [1.29, 1.82) is 0 Å². The maximum absolute atomic E-state index is 12.3. The minimum Gasteiger partial charge on any atom is -0.322 e. The average Bonchev–Trinajstić information content (AvgIpc) is 2.61. The van der Waals surface area contributed by atoms with E-state index in [0.29, 0.717) is 12.0 Å². The first-order valence-corrected chi connectivity index (χ1v) is 9.86. The molecule has 2 rings (SSSR count). The van der Waals surface area contributed by atoms with Crippen molar-refractivity contribution in [2.45, 2.75) is 44.6 Å². The van der Waals surface area contributed by atoms with Crippen LogP contribution in [0.4, 0.5) is 5.69 Å². The number of hydrogen-bond donors (Lipinski definition) is 2. The van der Waals surface area contributed by atoms with Crippen LogP contribution in [0, 0.1) is 0 Å². The smallest absolute Gasteiger partial charge is 0.255 e. The Kier molecular flexibility index (Phi) is 6.33. The lowest BCUT2D eigenvalue weighted by Crippen LogP contribution is -2.32. The second-order valence-corrected chi connectivity index (χ2v) is 7.68. The first-order chi connectivity index (χ1) is 11.9. The summed E-state index contributed by atoms with van der Waals surface area (Å²) in [5, 5.41) is 2.83. The number of carbonyl (C=O) groups excluding carboxylic acids is 1. The Morgan fingerprint density at radius 1 is 1.08 bits per heavy atom. The van der Waals surface area contributed by atoms with Gasteiger partial charge in [0.2, 0.25) is 10.0 Å². The van der Waals surface area contributed by atoms with Gasteiger partial charge in [-0.1, -0.05) is 26.0 Å². The van der Waals surface area contributed by atoms with Crippen molar-refractivity contribution in [2.75, 3.05) is 5.32 Å². The molecule has 5 nitrogen and oxygen atoms in total. The molecular weight excluding hydrogens is 336 g/mol. The lowest BCUT2D eigenvalue weighted by atomic mass is 10.1. The number of benzene rings is 2. The van der Waals surface area contributed by atoms with Gasteiger partial charge in [-0.25, -0.2) is 13.1 Å². The van der Waals surface area contributed by atoms with Crippen LogP contribution in [-0.2, 0) is 16.4 Å². The number of carbonyl (C=O) groups is 1. The molecule has 25 heavy (non-hydrogen) atoms. The third kappa shape index (κ3) is 5.14. The number of nitrogens with one attached hydrogen (secondary N) is 2. The molecule has 0 aromatic heterocycles. The number of anilines is 1. The maximum Gasteiger partial charge on any atom is 0.255 e. The first-order valence-electron chi connectivity index (χ1n) is 8.38. The molecule has 1 unspecified atom stereocenters. The Morgan fingerprint density at radius 2 is 1.76 bits per heavy atom. The third-order valence-electron chi connectivity index (χ3n) is 3.99. The van der Waals surface area contributed by atoms with Crippen molar-refractivity contribution in [3.05, 3.63) is 59.7 Å². The molecule has 134 valence electrons. The van der Waals surface area contributed by atoms with E-state index in [9.17, 15) is 13.2 Å². The fraction of sp³-hybridized carbons (Fsp3) is 0.316. The normalized spacial score (nSPS) is 12.6. The lowest BCUT2D eigenvalue weighted by molar-refractivity contribution is 0.102. The number of amides is 1. The Morgan fingerprint density at radius 3 is 2.36 bits per heavy atom. The van der Waals surface area contributed by atoms with Gasteiger partial charge in [0.05, 0.1) is 4.90 Å². The van der Waals surface area contributed by atoms with Crippen LogP contribution in [0.2, 0.25) is 0 Å². The van der Waals surface area contributed by atoms with Crippen LogP contribution in [-0.4, -0.2) is 20.4 Å². The van der Waals surface area contributed by atoms with Gasteiger partial charge < -0.3 is 5.32 Å². The number of rotatable bonds is 7. The molecule has 2 aromatic rings. The maximum atomic E-state index is 12.3. The molecule has 2 N–H and O–H groups in total. The van der Waals surface area contributed by atoms with Gasteiger partial charge in [-0.3, -0.25) is 4.79 Å². The highest BCUT2D eigenvalue weighted by Gasteiger charge is 2.17. The van der Waals surface area contributed by atoms with Crippen molar-refractivity contribution in [3.63, 3.8) is 0 Å². The lowest BCUT2D eigenvalue weighted by Gasteiger charge is -2.12. The summed E-state index contributed by atoms with van der Waals surface area (Å²) in [6.07, 6.45) is 1.59. The number of sulfonamides is 1. The Hall–Kier alpha value is -2.18. The van der Waals surface area contributed by atoms with Crippen LogP contribution in [0.15, 0.2) is 53.4 Å². The Labute approximate surface area is 149 Å². The monoisotopic (exact) mass is 360 g/mol. The van der Waals surface area contributed by atoms with Gasteiger partial charge in [0.1, 0.15) is 0 Å². The fourth-order valence-electron chi connectivity index (χ4n) is 2.27. The molecule has 0 aliphatic heterocycles. The van der Waals surface area contributed by atoms with Gasteiger partial charge in [0.25, 0.3) is 5.91 Å². The number of hydrogen-bond acceptors (Lipinski definition) is 3. The Balaban J connectivity index is 2.12. The van der Waals surface area contributed by atoms with Gasteiger partial charge in [0.15, 0.2) is 0 Å². The van der Waals surface area contributed by atoms with Crippen LogP contribution >= 0.6 is 0 Å². The summed E-state index contributed by atoms with van der Waals surface area (Å²) in [5.41, 5.74) is 2.26. The molecule has 0 bridgehead atoms. The van der Waals surface area contributed by atoms with Crippen LogP contribution in [0.3, 0.4) is 0 Å². The van der Waals surface area contributed by atoms with Gasteiger partial charge >= 0.3 is 0 Å². The largest absolute Gasteiger partial charge is 0.322 e. The number of aryl methyl sites for hydroxylation is 1. The summed E-state index contributed by atoms with van der Waals surface area (Å²) in [4.78, 5) is 12.5. The molecule has 0 saturated carbocycles. The molecule has 0 fully saturated rings. The van der Waals surface area contributed by atoms with Gasteiger partial charge in [0, 0.05) is 17.3 Å². The van der Waals surface area contributed by atoms with Gasteiger partial charge in [-0.15, -0.1) is 0 Å². The minimum absolute atomic E-state index is 0.140. The molecule has 1 atom stereocenters. The highest BCUT2D eigenvalue weighted by molar-refractivity contribution is 7.89. The first kappa shape index (κ1) is 19.1. The fourth-order valence-corrected chi connectivity index (χ4v) is 3.60. The molecule has 0 aliphatic rings. The van der Waals surface area contributed by atoms with Gasteiger partial charge in [-0.2, -0.15) is 0 Å². The molecule has 0 spiro atoms. The molecule has 0 heterocycles. The van der Waals surface area contributed by atoms with Crippen LogP contribution in [0.1, 0.15) is 43.1 Å². The zero-order valence-electron chi connectivity index (χ0n) is 14.7. The van der Waals surface area contributed by atoms with Crippen molar-refractivity contribution in [2.24, 2.45) is 0 Å². The Bertz CT molecular complexity index is 830. The van der Waals surface area contributed by atoms with Crippen molar-refractivity contribution in [3.8, 4) is 0 Å². The summed E-state index contributed by atoms with van der Waals surface area (Å²) in [7, 11) is -3.56. The summed E-state index contributed by atoms with van der Waals surface area (Å²) >= 11 is 0.